The third-order valence-corrected chi connectivity index (χ3v) is 3.65. The molecule has 0 aromatic rings. The molecule has 0 spiro atoms. The molecule has 0 saturated heterocycles. The fraction of sp³-hybridized carbons (Fsp3) is 0.923. The summed E-state index contributed by atoms with van der Waals surface area (Å²) in [5, 5.41) is 6.20. The van der Waals surface area contributed by atoms with E-state index in [9.17, 15) is 4.79 Å². The molecule has 0 radical (unpaired) electrons. The number of carbonyl (C=O) groups is 1. The first-order valence-corrected chi connectivity index (χ1v) is 6.70. The van der Waals surface area contributed by atoms with E-state index in [0.717, 1.165) is 38.8 Å². The molecular weight excluding hydrogens is 216 g/mol. The summed E-state index contributed by atoms with van der Waals surface area (Å²) in [6, 6.07) is -0.139. The summed E-state index contributed by atoms with van der Waals surface area (Å²) in [7, 11) is 1.76. The molecule has 17 heavy (non-hydrogen) atoms. The Labute approximate surface area is 104 Å². The molecule has 1 amide bonds. The number of carbonyl (C=O) groups excluding carboxylic acids is 1. The number of nitrogens with one attached hydrogen (secondary N) is 2. The predicted octanol–water partition coefficient (Wildman–Crippen LogP) is 1.45. The summed E-state index contributed by atoms with van der Waals surface area (Å²) >= 11 is 0. The highest BCUT2D eigenvalue weighted by Crippen LogP contribution is 2.34. The zero-order chi connectivity index (χ0) is 12.7. The molecule has 1 rings (SSSR count). The number of rotatable bonds is 8. The van der Waals surface area contributed by atoms with Gasteiger partial charge in [-0.15, -0.1) is 0 Å². The van der Waals surface area contributed by atoms with Crippen molar-refractivity contribution in [2.24, 2.45) is 0 Å². The van der Waals surface area contributed by atoms with E-state index in [1.54, 1.807) is 7.11 Å². The molecule has 1 fully saturated rings. The second-order valence-corrected chi connectivity index (χ2v) is 4.99. The quantitative estimate of drug-likeness (QED) is 0.633. The Hall–Kier alpha value is -0.610. The van der Waals surface area contributed by atoms with E-state index in [-0.39, 0.29) is 17.6 Å². The Morgan fingerprint density at radius 2 is 2.18 bits per heavy atom. The molecule has 4 nitrogen and oxygen atoms in total. The van der Waals surface area contributed by atoms with Crippen molar-refractivity contribution in [3.8, 4) is 0 Å². The SMILES string of the molecule is CCCCNC(=O)C(C)NCC1(OC)CCC1. The highest BCUT2D eigenvalue weighted by molar-refractivity contribution is 5.81. The van der Waals surface area contributed by atoms with Crippen molar-refractivity contribution in [2.75, 3.05) is 20.2 Å². The Morgan fingerprint density at radius 3 is 2.65 bits per heavy atom. The Bertz CT molecular complexity index is 234. The van der Waals surface area contributed by atoms with Crippen molar-refractivity contribution in [2.45, 2.75) is 57.6 Å². The second-order valence-electron chi connectivity index (χ2n) is 4.99. The molecule has 100 valence electrons. The largest absolute Gasteiger partial charge is 0.377 e. The Kier molecular flexibility index (Phi) is 5.92. The van der Waals surface area contributed by atoms with Crippen LogP contribution in [0.2, 0.25) is 0 Å². The van der Waals surface area contributed by atoms with Gasteiger partial charge < -0.3 is 15.4 Å². The summed E-state index contributed by atoms with van der Waals surface area (Å²) in [6.07, 6.45) is 5.57. The molecule has 4 heteroatoms. The molecular formula is C13H26N2O2. The maximum absolute atomic E-state index is 11.7. The number of hydrogen-bond acceptors (Lipinski definition) is 3. The standard InChI is InChI=1S/C13H26N2O2/c1-4-5-9-14-12(16)11(2)15-10-13(17-3)7-6-8-13/h11,15H,4-10H2,1-3H3,(H,14,16). The lowest BCUT2D eigenvalue weighted by Crippen LogP contribution is -2.53. The van der Waals surface area contributed by atoms with Crippen molar-refractivity contribution < 1.29 is 9.53 Å². The lowest BCUT2D eigenvalue weighted by molar-refractivity contribution is -0.123. The van der Waals surface area contributed by atoms with Crippen molar-refractivity contribution >= 4 is 5.91 Å². The van der Waals surface area contributed by atoms with Gasteiger partial charge >= 0.3 is 0 Å². The normalized spacial score (nSPS) is 19.5. The fourth-order valence-corrected chi connectivity index (χ4v) is 2.00. The van der Waals surface area contributed by atoms with Crippen LogP contribution in [0.1, 0.15) is 46.0 Å². The molecule has 0 aromatic heterocycles. The molecule has 1 atom stereocenters. The van der Waals surface area contributed by atoms with Gasteiger partial charge in [-0.1, -0.05) is 13.3 Å². The van der Waals surface area contributed by atoms with Gasteiger partial charge in [0.25, 0.3) is 0 Å². The first-order valence-electron chi connectivity index (χ1n) is 6.70. The average molecular weight is 242 g/mol. The molecule has 0 aromatic carbocycles. The lowest BCUT2D eigenvalue weighted by atomic mass is 9.80. The van der Waals surface area contributed by atoms with E-state index in [1.807, 2.05) is 6.92 Å². The van der Waals surface area contributed by atoms with Crippen LogP contribution in [0.3, 0.4) is 0 Å². The van der Waals surface area contributed by atoms with Gasteiger partial charge in [0.15, 0.2) is 0 Å². The van der Waals surface area contributed by atoms with Crippen molar-refractivity contribution in [1.82, 2.24) is 10.6 Å². The minimum atomic E-state index is -0.139. The van der Waals surface area contributed by atoms with Gasteiger partial charge in [0.2, 0.25) is 5.91 Å². The van der Waals surface area contributed by atoms with E-state index in [4.69, 9.17) is 4.74 Å². The molecule has 2 N–H and O–H groups in total. The lowest BCUT2D eigenvalue weighted by Gasteiger charge is -2.41. The van der Waals surface area contributed by atoms with Crippen molar-refractivity contribution in [1.29, 1.82) is 0 Å². The molecule has 0 bridgehead atoms. The fourth-order valence-electron chi connectivity index (χ4n) is 2.00. The van der Waals surface area contributed by atoms with Gasteiger partial charge in [0.05, 0.1) is 11.6 Å². The topological polar surface area (TPSA) is 50.4 Å². The second kappa shape index (κ2) is 6.97. The predicted molar refractivity (Wildman–Crippen MR) is 69.0 cm³/mol. The third-order valence-electron chi connectivity index (χ3n) is 3.65. The van der Waals surface area contributed by atoms with Gasteiger partial charge in [-0.2, -0.15) is 0 Å². The highest BCUT2D eigenvalue weighted by atomic mass is 16.5. The first-order chi connectivity index (χ1) is 8.13. The van der Waals surface area contributed by atoms with E-state index < -0.39 is 0 Å². The first kappa shape index (κ1) is 14.5. The van der Waals surface area contributed by atoms with E-state index in [0.29, 0.717) is 0 Å². The van der Waals surface area contributed by atoms with E-state index in [1.165, 1.54) is 6.42 Å². The number of methoxy groups -OCH3 is 1. The van der Waals surface area contributed by atoms with Gasteiger partial charge in [-0.05, 0) is 32.6 Å². The minimum Gasteiger partial charge on any atom is -0.377 e. The van der Waals surface area contributed by atoms with Gasteiger partial charge in [0, 0.05) is 20.2 Å². The van der Waals surface area contributed by atoms with Gasteiger partial charge in [-0.3, -0.25) is 4.79 Å². The smallest absolute Gasteiger partial charge is 0.236 e. The molecule has 1 saturated carbocycles. The van der Waals surface area contributed by atoms with E-state index in [2.05, 4.69) is 17.6 Å². The monoisotopic (exact) mass is 242 g/mol. The molecule has 1 aliphatic rings. The molecule has 0 heterocycles. The van der Waals surface area contributed by atoms with Crippen LogP contribution in [0.25, 0.3) is 0 Å². The summed E-state index contributed by atoms with van der Waals surface area (Å²) in [5.74, 6) is 0.0871. The van der Waals surface area contributed by atoms with Crippen LogP contribution in [0, 0.1) is 0 Å². The zero-order valence-electron chi connectivity index (χ0n) is 11.3. The average Bonchev–Trinajstić information content (AvgIpc) is 2.28. The highest BCUT2D eigenvalue weighted by Gasteiger charge is 2.37. The van der Waals surface area contributed by atoms with Crippen molar-refractivity contribution in [3.63, 3.8) is 0 Å². The van der Waals surface area contributed by atoms with Gasteiger partial charge in [-0.25, -0.2) is 0 Å². The summed E-state index contributed by atoms with van der Waals surface area (Å²) in [6.45, 7) is 5.57. The molecule has 0 aliphatic heterocycles. The maximum Gasteiger partial charge on any atom is 0.236 e. The summed E-state index contributed by atoms with van der Waals surface area (Å²) in [5.41, 5.74) is -0.0159. The molecule has 1 unspecified atom stereocenters. The number of unbranched alkanes of at least 4 members (excludes halogenated alkanes) is 1. The molecule has 1 aliphatic carbocycles. The van der Waals surface area contributed by atoms with Crippen molar-refractivity contribution in [3.05, 3.63) is 0 Å². The Balaban J connectivity index is 2.19. The van der Waals surface area contributed by atoms with Crippen LogP contribution in [0.4, 0.5) is 0 Å². The van der Waals surface area contributed by atoms with E-state index >= 15 is 0 Å². The van der Waals surface area contributed by atoms with Crippen LogP contribution in [0.5, 0.6) is 0 Å². The van der Waals surface area contributed by atoms with Crippen LogP contribution >= 0.6 is 0 Å². The summed E-state index contributed by atoms with van der Waals surface area (Å²) in [4.78, 5) is 11.7. The van der Waals surface area contributed by atoms with Crippen LogP contribution in [-0.4, -0.2) is 37.7 Å². The number of hydrogen-bond donors (Lipinski definition) is 2. The van der Waals surface area contributed by atoms with Crippen LogP contribution < -0.4 is 10.6 Å². The van der Waals surface area contributed by atoms with Gasteiger partial charge in [0.1, 0.15) is 0 Å². The number of amides is 1. The number of ether oxygens (including phenoxy) is 1. The zero-order valence-corrected chi connectivity index (χ0v) is 11.3. The maximum atomic E-state index is 11.7. The van der Waals surface area contributed by atoms with Crippen LogP contribution in [-0.2, 0) is 9.53 Å². The summed E-state index contributed by atoms with van der Waals surface area (Å²) < 4.78 is 5.51. The van der Waals surface area contributed by atoms with Crippen LogP contribution in [0.15, 0.2) is 0 Å². The Morgan fingerprint density at radius 1 is 1.47 bits per heavy atom. The minimum absolute atomic E-state index is 0.0159. The third kappa shape index (κ3) is 4.28.